The highest BCUT2D eigenvalue weighted by molar-refractivity contribution is 6.33. The number of nitrogens with zero attached hydrogens (tertiary/aromatic N) is 2. The Balaban J connectivity index is 1.59. The minimum atomic E-state index is 0.179. The van der Waals surface area contributed by atoms with Crippen molar-refractivity contribution in [1.29, 1.82) is 0 Å². The third kappa shape index (κ3) is 4.12. The summed E-state index contributed by atoms with van der Waals surface area (Å²) in [5.74, 6) is 0.984. The largest absolute Gasteiger partial charge is 0.368 e. The Kier molecular flexibility index (Phi) is 4.72. The van der Waals surface area contributed by atoms with E-state index >= 15 is 0 Å². The van der Waals surface area contributed by atoms with Gasteiger partial charge in [0.1, 0.15) is 0 Å². The molecule has 1 aliphatic heterocycles. The molecule has 3 nitrogen and oxygen atoms in total. The molecule has 1 atom stereocenters. The Morgan fingerprint density at radius 2 is 1.95 bits per heavy atom. The van der Waals surface area contributed by atoms with Crippen LogP contribution in [0.25, 0.3) is 0 Å². The second kappa shape index (κ2) is 6.55. The van der Waals surface area contributed by atoms with Crippen LogP contribution in [0.2, 0.25) is 5.02 Å². The zero-order valence-electron chi connectivity index (χ0n) is 12.9. The molecule has 0 bridgehead atoms. The van der Waals surface area contributed by atoms with Gasteiger partial charge in [0.05, 0.1) is 10.7 Å². The predicted molar refractivity (Wildman–Crippen MR) is 90.2 cm³/mol. The van der Waals surface area contributed by atoms with E-state index in [1.807, 2.05) is 6.92 Å². The van der Waals surface area contributed by atoms with E-state index in [1.54, 1.807) is 0 Å². The fraction of sp³-hybridized carbons (Fsp3) is 0.647. The van der Waals surface area contributed by atoms with Crippen molar-refractivity contribution in [2.75, 3.05) is 37.6 Å². The van der Waals surface area contributed by atoms with E-state index < -0.39 is 0 Å². The van der Waals surface area contributed by atoms with E-state index in [-0.39, 0.29) is 6.04 Å². The number of halogens is 1. The van der Waals surface area contributed by atoms with Crippen LogP contribution in [0.5, 0.6) is 0 Å². The van der Waals surface area contributed by atoms with Crippen LogP contribution in [-0.4, -0.2) is 43.7 Å². The molecule has 1 saturated heterocycles. The van der Waals surface area contributed by atoms with Crippen molar-refractivity contribution in [3.8, 4) is 0 Å². The van der Waals surface area contributed by atoms with Gasteiger partial charge in [-0.3, -0.25) is 4.90 Å². The predicted octanol–water partition coefficient (Wildman–Crippen LogP) is 2.76. The summed E-state index contributed by atoms with van der Waals surface area (Å²) in [5.41, 5.74) is 8.26. The lowest BCUT2D eigenvalue weighted by Crippen LogP contribution is -2.47. The molecular formula is C17H26ClN3. The van der Waals surface area contributed by atoms with E-state index in [2.05, 4.69) is 28.0 Å². The number of piperazine rings is 1. The van der Waals surface area contributed by atoms with Crippen molar-refractivity contribution in [3.63, 3.8) is 0 Å². The smallest absolute Gasteiger partial charge is 0.0642 e. The summed E-state index contributed by atoms with van der Waals surface area (Å²) in [6.07, 6.45) is 3.76. The minimum Gasteiger partial charge on any atom is -0.368 e. The fourth-order valence-corrected chi connectivity index (χ4v) is 3.47. The van der Waals surface area contributed by atoms with Gasteiger partial charge in [0.25, 0.3) is 0 Å². The lowest BCUT2D eigenvalue weighted by molar-refractivity contribution is 0.248. The van der Waals surface area contributed by atoms with Crippen molar-refractivity contribution in [3.05, 3.63) is 28.8 Å². The molecule has 21 heavy (non-hydrogen) atoms. The van der Waals surface area contributed by atoms with E-state index in [4.69, 9.17) is 17.3 Å². The van der Waals surface area contributed by atoms with Crippen molar-refractivity contribution in [2.45, 2.75) is 32.2 Å². The molecule has 1 aromatic rings. The second-order valence-electron chi connectivity index (χ2n) is 6.70. The molecule has 0 spiro atoms. The third-order valence-corrected chi connectivity index (χ3v) is 4.80. The van der Waals surface area contributed by atoms with Gasteiger partial charge in [-0.05, 0) is 49.8 Å². The van der Waals surface area contributed by atoms with E-state index in [9.17, 15) is 0 Å². The Morgan fingerprint density at radius 1 is 1.24 bits per heavy atom. The molecule has 1 unspecified atom stereocenters. The molecule has 1 heterocycles. The first-order chi connectivity index (χ1) is 10.1. The maximum Gasteiger partial charge on any atom is 0.0642 e. The quantitative estimate of drug-likeness (QED) is 0.908. The Morgan fingerprint density at radius 3 is 2.52 bits per heavy atom. The van der Waals surface area contributed by atoms with Crippen LogP contribution in [0.1, 0.15) is 25.3 Å². The molecule has 1 saturated carbocycles. The topological polar surface area (TPSA) is 32.5 Å². The number of hydrogen-bond acceptors (Lipinski definition) is 3. The first-order valence-corrected chi connectivity index (χ1v) is 8.51. The summed E-state index contributed by atoms with van der Waals surface area (Å²) in [6, 6.07) is 6.59. The van der Waals surface area contributed by atoms with Gasteiger partial charge >= 0.3 is 0 Å². The molecule has 2 aliphatic rings. The zero-order valence-corrected chi connectivity index (χ0v) is 13.6. The van der Waals surface area contributed by atoms with Gasteiger partial charge in [-0.1, -0.05) is 17.7 Å². The van der Waals surface area contributed by atoms with Crippen molar-refractivity contribution in [2.24, 2.45) is 11.7 Å². The molecule has 0 amide bonds. The highest BCUT2D eigenvalue weighted by atomic mass is 35.5. The van der Waals surface area contributed by atoms with E-state index in [0.717, 1.165) is 43.5 Å². The van der Waals surface area contributed by atoms with E-state index in [1.165, 1.54) is 30.6 Å². The van der Waals surface area contributed by atoms with Crippen LogP contribution in [0, 0.1) is 5.92 Å². The minimum absolute atomic E-state index is 0.179. The summed E-state index contributed by atoms with van der Waals surface area (Å²) in [5, 5.41) is 0.865. The summed E-state index contributed by atoms with van der Waals surface area (Å²) in [4.78, 5) is 5.02. The normalized spacial score (nSPS) is 21.6. The Bertz CT molecular complexity index is 477. The number of nitrogens with two attached hydrogens (primary N) is 1. The summed E-state index contributed by atoms with van der Waals surface area (Å²) < 4.78 is 0. The molecule has 4 heteroatoms. The average molecular weight is 308 g/mol. The summed E-state index contributed by atoms with van der Waals surface area (Å²) in [7, 11) is 0. The molecular weight excluding hydrogens is 282 g/mol. The number of anilines is 1. The first kappa shape index (κ1) is 15.1. The Labute approximate surface area is 133 Å². The number of hydrogen-bond donors (Lipinski definition) is 1. The van der Waals surface area contributed by atoms with Crippen LogP contribution in [0.4, 0.5) is 5.69 Å². The molecule has 0 aromatic heterocycles. The maximum absolute atomic E-state index is 6.48. The zero-order chi connectivity index (χ0) is 14.8. The molecule has 1 aliphatic carbocycles. The molecule has 2 fully saturated rings. The van der Waals surface area contributed by atoms with Gasteiger partial charge in [0.2, 0.25) is 0 Å². The van der Waals surface area contributed by atoms with Gasteiger partial charge in [-0.2, -0.15) is 0 Å². The van der Waals surface area contributed by atoms with Crippen LogP contribution in [0.15, 0.2) is 18.2 Å². The standard InChI is InChI=1S/C17H26ClN3/c1-13(19)10-15-4-5-17(16(18)11-15)21-8-6-20(7-9-21)12-14-2-3-14/h4-5,11,13-14H,2-3,6-10,12,19H2,1H3. The number of benzene rings is 1. The number of rotatable bonds is 5. The molecule has 2 N–H and O–H groups in total. The van der Waals surface area contributed by atoms with Gasteiger partial charge in [-0.25, -0.2) is 0 Å². The first-order valence-electron chi connectivity index (χ1n) is 8.13. The Hall–Kier alpha value is -0.770. The van der Waals surface area contributed by atoms with Gasteiger partial charge in [-0.15, -0.1) is 0 Å². The summed E-state index contributed by atoms with van der Waals surface area (Å²) >= 11 is 6.48. The van der Waals surface area contributed by atoms with Crippen LogP contribution >= 0.6 is 11.6 Å². The molecule has 1 aromatic carbocycles. The second-order valence-corrected chi connectivity index (χ2v) is 7.11. The maximum atomic E-state index is 6.48. The van der Waals surface area contributed by atoms with Crippen molar-refractivity contribution >= 4 is 17.3 Å². The SMILES string of the molecule is CC(N)Cc1ccc(N2CCN(CC3CC3)CC2)c(Cl)c1. The molecule has 116 valence electrons. The van der Waals surface area contributed by atoms with Gasteiger partial charge in [0, 0.05) is 38.8 Å². The van der Waals surface area contributed by atoms with Crippen molar-refractivity contribution < 1.29 is 0 Å². The molecule has 3 rings (SSSR count). The highest BCUT2D eigenvalue weighted by Crippen LogP contribution is 2.31. The molecule has 0 radical (unpaired) electrons. The van der Waals surface area contributed by atoms with E-state index in [0.29, 0.717) is 0 Å². The lowest BCUT2D eigenvalue weighted by Gasteiger charge is -2.36. The third-order valence-electron chi connectivity index (χ3n) is 4.50. The van der Waals surface area contributed by atoms with Crippen LogP contribution < -0.4 is 10.6 Å². The fourth-order valence-electron chi connectivity index (χ4n) is 3.14. The van der Waals surface area contributed by atoms with Crippen LogP contribution in [-0.2, 0) is 6.42 Å². The summed E-state index contributed by atoms with van der Waals surface area (Å²) in [6.45, 7) is 7.82. The van der Waals surface area contributed by atoms with Crippen molar-refractivity contribution in [1.82, 2.24) is 4.90 Å². The highest BCUT2D eigenvalue weighted by Gasteiger charge is 2.26. The monoisotopic (exact) mass is 307 g/mol. The van der Waals surface area contributed by atoms with Crippen LogP contribution in [0.3, 0.4) is 0 Å². The lowest BCUT2D eigenvalue weighted by atomic mass is 10.1. The van der Waals surface area contributed by atoms with Gasteiger partial charge in [0.15, 0.2) is 0 Å². The van der Waals surface area contributed by atoms with Gasteiger partial charge < -0.3 is 10.6 Å². The average Bonchev–Trinajstić information content (AvgIpc) is 3.23.